The lowest BCUT2D eigenvalue weighted by molar-refractivity contribution is 0.151. The quantitative estimate of drug-likeness (QED) is 0.700. The van der Waals surface area contributed by atoms with Gasteiger partial charge in [0.25, 0.3) is 0 Å². The monoisotopic (exact) mass is 165 g/mol. The minimum absolute atomic E-state index is 0.162. The normalized spacial score (nSPS) is 15.6. The fourth-order valence-corrected chi connectivity index (χ4v) is 1.04. The second-order valence-corrected chi connectivity index (χ2v) is 3.12. The second kappa shape index (κ2) is 4.24. The van der Waals surface area contributed by atoms with Gasteiger partial charge in [-0.05, 0) is 18.9 Å². The summed E-state index contributed by atoms with van der Waals surface area (Å²) in [5, 5.41) is 9.45. The van der Waals surface area contributed by atoms with E-state index in [0.29, 0.717) is 6.42 Å². The zero-order valence-electron chi connectivity index (χ0n) is 7.27. The van der Waals surface area contributed by atoms with Crippen LogP contribution < -0.4 is 5.73 Å². The van der Waals surface area contributed by atoms with Gasteiger partial charge < -0.3 is 10.8 Å². The zero-order valence-corrected chi connectivity index (χ0v) is 7.27. The predicted molar refractivity (Wildman–Crippen MR) is 49.8 cm³/mol. The second-order valence-electron chi connectivity index (χ2n) is 3.12. The highest BCUT2D eigenvalue weighted by molar-refractivity contribution is 5.15. The van der Waals surface area contributed by atoms with E-state index >= 15 is 0 Å². The minimum Gasteiger partial charge on any atom is -0.391 e. The van der Waals surface area contributed by atoms with Crippen molar-refractivity contribution in [2.45, 2.75) is 25.5 Å². The number of hydrogen-bond acceptors (Lipinski definition) is 2. The Morgan fingerprint density at radius 3 is 2.42 bits per heavy atom. The highest BCUT2D eigenvalue weighted by Gasteiger charge is 2.09. The van der Waals surface area contributed by atoms with Crippen molar-refractivity contribution in [1.29, 1.82) is 0 Å². The van der Waals surface area contributed by atoms with Gasteiger partial charge in [0, 0.05) is 6.04 Å². The summed E-state index contributed by atoms with van der Waals surface area (Å²) in [6.07, 6.45) is 0.200. The number of rotatable bonds is 3. The van der Waals surface area contributed by atoms with Gasteiger partial charge in [0.1, 0.15) is 0 Å². The van der Waals surface area contributed by atoms with Gasteiger partial charge in [-0.3, -0.25) is 0 Å². The van der Waals surface area contributed by atoms with Crippen LogP contribution >= 0.6 is 0 Å². The van der Waals surface area contributed by atoms with Crippen LogP contribution in [-0.2, 0) is 6.42 Å². The first-order valence-corrected chi connectivity index (χ1v) is 4.17. The first-order chi connectivity index (χ1) is 5.70. The average Bonchev–Trinajstić information content (AvgIpc) is 2.06. The Hall–Kier alpha value is -0.860. The molecule has 0 saturated carbocycles. The molecule has 66 valence electrons. The largest absolute Gasteiger partial charge is 0.391 e. The lowest BCUT2D eigenvalue weighted by Gasteiger charge is -2.13. The van der Waals surface area contributed by atoms with Gasteiger partial charge >= 0.3 is 0 Å². The molecule has 2 atom stereocenters. The van der Waals surface area contributed by atoms with Crippen LogP contribution in [0.5, 0.6) is 0 Å². The van der Waals surface area contributed by atoms with Gasteiger partial charge in [0.2, 0.25) is 0 Å². The Balaban J connectivity index is 2.53. The van der Waals surface area contributed by atoms with Gasteiger partial charge in [-0.1, -0.05) is 30.3 Å². The summed E-state index contributed by atoms with van der Waals surface area (Å²) in [5.74, 6) is 0. The molecule has 0 aliphatic rings. The Kier molecular flexibility index (Phi) is 3.26. The standard InChI is InChI=1S/C10H15NO/c1-8(11)10(12)7-9-5-3-2-4-6-9/h2-6,8,10,12H,7,11H2,1H3/t8-,10+/m0/s1. The van der Waals surface area contributed by atoms with Crippen LogP contribution in [0.15, 0.2) is 30.3 Å². The molecule has 2 heteroatoms. The van der Waals surface area contributed by atoms with Crippen molar-refractivity contribution in [2.24, 2.45) is 5.73 Å². The third-order valence-electron chi connectivity index (χ3n) is 1.89. The van der Waals surface area contributed by atoms with Crippen molar-refractivity contribution >= 4 is 0 Å². The topological polar surface area (TPSA) is 46.2 Å². The number of hydrogen-bond donors (Lipinski definition) is 2. The van der Waals surface area contributed by atoms with E-state index in [1.807, 2.05) is 37.3 Å². The van der Waals surface area contributed by atoms with Crippen molar-refractivity contribution < 1.29 is 5.11 Å². The molecule has 0 aromatic heterocycles. The fourth-order valence-electron chi connectivity index (χ4n) is 1.04. The summed E-state index contributed by atoms with van der Waals surface area (Å²) < 4.78 is 0. The minimum atomic E-state index is -0.438. The van der Waals surface area contributed by atoms with Crippen LogP contribution in [0.3, 0.4) is 0 Å². The molecule has 12 heavy (non-hydrogen) atoms. The maximum absolute atomic E-state index is 9.45. The maximum Gasteiger partial charge on any atom is 0.0728 e. The maximum atomic E-state index is 9.45. The smallest absolute Gasteiger partial charge is 0.0728 e. The highest BCUT2D eigenvalue weighted by Crippen LogP contribution is 2.04. The molecule has 0 aliphatic heterocycles. The first kappa shape index (κ1) is 9.23. The van der Waals surface area contributed by atoms with Crippen LogP contribution in [0, 0.1) is 0 Å². The summed E-state index contributed by atoms with van der Waals surface area (Å²) in [4.78, 5) is 0. The molecule has 0 radical (unpaired) electrons. The van der Waals surface area contributed by atoms with E-state index in [0.717, 1.165) is 5.56 Å². The SMILES string of the molecule is C[C@H](N)[C@H](O)Cc1ccccc1. The zero-order chi connectivity index (χ0) is 8.97. The van der Waals surface area contributed by atoms with Crippen molar-refractivity contribution in [3.63, 3.8) is 0 Å². The molecule has 0 fully saturated rings. The molecule has 3 N–H and O–H groups in total. The molecule has 1 rings (SSSR count). The van der Waals surface area contributed by atoms with E-state index in [9.17, 15) is 5.11 Å². The third-order valence-corrected chi connectivity index (χ3v) is 1.89. The Labute approximate surface area is 73.0 Å². The summed E-state index contributed by atoms with van der Waals surface area (Å²) in [6.45, 7) is 1.81. The number of aliphatic hydroxyl groups is 1. The molecule has 0 amide bonds. The predicted octanol–water partition coefficient (Wildman–Crippen LogP) is 0.937. The molecule has 1 aromatic rings. The molecule has 0 spiro atoms. The summed E-state index contributed by atoms with van der Waals surface area (Å²) in [7, 11) is 0. The van der Waals surface area contributed by atoms with Gasteiger partial charge in [-0.2, -0.15) is 0 Å². The Morgan fingerprint density at radius 2 is 1.92 bits per heavy atom. The summed E-state index contributed by atoms with van der Waals surface area (Å²) in [5.41, 5.74) is 6.66. The molecule has 1 aromatic carbocycles. The van der Waals surface area contributed by atoms with Crippen molar-refractivity contribution in [2.75, 3.05) is 0 Å². The van der Waals surface area contributed by atoms with E-state index in [1.54, 1.807) is 0 Å². The number of aliphatic hydroxyl groups excluding tert-OH is 1. The van der Waals surface area contributed by atoms with Gasteiger partial charge in [-0.15, -0.1) is 0 Å². The van der Waals surface area contributed by atoms with Crippen LogP contribution in [0.2, 0.25) is 0 Å². The van der Waals surface area contributed by atoms with Crippen molar-refractivity contribution in [3.8, 4) is 0 Å². The van der Waals surface area contributed by atoms with E-state index in [1.165, 1.54) is 0 Å². The highest BCUT2D eigenvalue weighted by atomic mass is 16.3. The lowest BCUT2D eigenvalue weighted by Crippen LogP contribution is -2.32. The average molecular weight is 165 g/mol. The molecule has 0 unspecified atom stereocenters. The van der Waals surface area contributed by atoms with Gasteiger partial charge in [0.15, 0.2) is 0 Å². The van der Waals surface area contributed by atoms with Crippen molar-refractivity contribution in [1.82, 2.24) is 0 Å². The Morgan fingerprint density at radius 1 is 1.33 bits per heavy atom. The molecule has 0 saturated heterocycles. The van der Waals surface area contributed by atoms with Crippen LogP contribution in [0.4, 0.5) is 0 Å². The summed E-state index contributed by atoms with van der Waals surface area (Å²) in [6, 6.07) is 9.70. The van der Waals surface area contributed by atoms with Gasteiger partial charge in [0.05, 0.1) is 6.10 Å². The number of nitrogens with two attached hydrogens (primary N) is 1. The lowest BCUT2D eigenvalue weighted by atomic mass is 10.0. The first-order valence-electron chi connectivity index (χ1n) is 4.17. The Bertz CT molecular complexity index is 221. The fraction of sp³-hybridized carbons (Fsp3) is 0.400. The van der Waals surface area contributed by atoms with Crippen LogP contribution in [0.1, 0.15) is 12.5 Å². The van der Waals surface area contributed by atoms with E-state index in [-0.39, 0.29) is 6.04 Å². The van der Waals surface area contributed by atoms with Gasteiger partial charge in [-0.25, -0.2) is 0 Å². The van der Waals surface area contributed by atoms with E-state index < -0.39 is 6.10 Å². The molecular formula is C10H15NO. The van der Waals surface area contributed by atoms with Crippen LogP contribution in [0.25, 0.3) is 0 Å². The van der Waals surface area contributed by atoms with E-state index in [4.69, 9.17) is 5.73 Å². The van der Waals surface area contributed by atoms with Crippen molar-refractivity contribution in [3.05, 3.63) is 35.9 Å². The number of benzene rings is 1. The molecule has 0 heterocycles. The molecule has 0 aliphatic carbocycles. The molecule has 0 bridgehead atoms. The molecule has 2 nitrogen and oxygen atoms in total. The van der Waals surface area contributed by atoms with E-state index in [2.05, 4.69) is 0 Å². The molecular weight excluding hydrogens is 150 g/mol. The third kappa shape index (κ3) is 2.64. The van der Waals surface area contributed by atoms with Crippen LogP contribution in [-0.4, -0.2) is 17.3 Å². The summed E-state index contributed by atoms with van der Waals surface area (Å²) >= 11 is 0.